The molecule has 3 aromatic rings. The number of aryl methyl sites for hydroxylation is 1. The molecule has 0 N–H and O–H groups in total. The molecular weight excluding hydrogens is 248 g/mol. The monoisotopic (exact) mass is 258 g/mol. The molecule has 0 unspecified atom stereocenters. The molecule has 1 aromatic heterocycles. The van der Waals surface area contributed by atoms with Gasteiger partial charge in [0.1, 0.15) is 11.5 Å². The predicted molar refractivity (Wildman–Crippen MR) is 72.2 cm³/mol. The molecule has 0 spiro atoms. The van der Waals surface area contributed by atoms with E-state index in [1.165, 1.54) is 0 Å². The summed E-state index contributed by atoms with van der Waals surface area (Å²) in [6.45, 7) is 0. The maximum atomic E-state index is 5.98. The smallest absolute Gasteiger partial charge is 0.203 e. The van der Waals surface area contributed by atoms with Gasteiger partial charge in [-0.2, -0.15) is 0 Å². The van der Waals surface area contributed by atoms with Crippen molar-refractivity contribution in [3.63, 3.8) is 0 Å². The van der Waals surface area contributed by atoms with E-state index in [0.29, 0.717) is 5.28 Å². The van der Waals surface area contributed by atoms with Crippen LogP contribution in [0.1, 0.15) is 0 Å². The van der Waals surface area contributed by atoms with Gasteiger partial charge in [-0.1, -0.05) is 18.2 Å². The van der Waals surface area contributed by atoms with Gasteiger partial charge in [0.25, 0.3) is 0 Å². The van der Waals surface area contributed by atoms with E-state index in [1.807, 2.05) is 60.1 Å². The third kappa shape index (κ3) is 1.93. The van der Waals surface area contributed by atoms with Gasteiger partial charge < -0.3 is 9.30 Å². The molecule has 0 aliphatic heterocycles. The van der Waals surface area contributed by atoms with Crippen LogP contribution < -0.4 is 4.74 Å². The zero-order valence-electron chi connectivity index (χ0n) is 9.80. The summed E-state index contributed by atoms with van der Waals surface area (Å²) in [6, 6.07) is 15.4. The van der Waals surface area contributed by atoms with E-state index in [-0.39, 0.29) is 0 Å². The minimum atomic E-state index is 0.474. The highest BCUT2D eigenvalue weighted by Gasteiger charge is 2.07. The van der Waals surface area contributed by atoms with Crippen molar-refractivity contribution in [2.75, 3.05) is 0 Å². The van der Waals surface area contributed by atoms with Crippen LogP contribution in [0, 0.1) is 0 Å². The van der Waals surface area contributed by atoms with Crippen molar-refractivity contribution in [3.05, 3.63) is 53.8 Å². The van der Waals surface area contributed by atoms with Crippen molar-refractivity contribution in [1.29, 1.82) is 0 Å². The molecule has 0 aliphatic rings. The summed E-state index contributed by atoms with van der Waals surface area (Å²) in [5.41, 5.74) is 1.82. The lowest BCUT2D eigenvalue weighted by molar-refractivity contribution is 0.483. The highest BCUT2D eigenvalue weighted by Crippen LogP contribution is 2.26. The van der Waals surface area contributed by atoms with E-state index in [9.17, 15) is 0 Å². The standard InChI is InChI=1S/C14H11ClN2O/c1-17-13-9-11(7-8-12(13)16-14(17)15)18-10-5-3-2-4-6-10/h2-9H,1H3. The van der Waals surface area contributed by atoms with Gasteiger partial charge in [-0.3, -0.25) is 0 Å². The lowest BCUT2D eigenvalue weighted by Crippen LogP contribution is -1.88. The minimum Gasteiger partial charge on any atom is -0.457 e. The van der Waals surface area contributed by atoms with E-state index in [0.717, 1.165) is 22.5 Å². The largest absolute Gasteiger partial charge is 0.457 e. The van der Waals surface area contributed by atoms with Crippen LogP contribution in [0.2, 0.25) is 5.28 Å². The fourth-order valence-electron chi connectivity index (χ4n) is 1.83. The van der Waals surface area contributed by atoms with Crippen LogP contribution in [0.15, 0.2) is 48.5 Å². The Morgan fingerprint density at radius 2 is 1.83 bits per heavy atom. The highest BCUT2D eigenvalue weighted by molar-refractivity contribution is 6.29. The van der Waals surface area contributed by atoms with Gasteiger partial charge in [0.05, 0.1) is 11.0 Å². The van der Waals surface area contributed by atoms with Crippen LogP contribution in [0.3, 0.4) is 0 Å². The first-order valence-electron chi connectivity index (χ1n) is 5.59. The van der Waals surface area contributed by atoms with Gasteiger partial charge in [0.15, 0.2) is 0 Å². The summed E-state index contributed by atoms with van der Waals surface area (Å²) in [7, 11) is 1.88. The van der Waals surface area contributed by atoms with Crippen molar-refractivity contribution in [2.24, 2.45) is 7.05 Å². The van der Waals surface area contributed by atoms with Gasteiger partial charge in [-0.15, -0.1) is 0 Å². The Balaban J connectivity index is 2.01. The first-order chi connectivity index (χ1) is 8.74. The highest BCUT2D eigenvalue weighted by atomic mass is 35.5. The third-order valence-corrected chi connectivity index (χ3v) is 3.11. The number of para-hydroxylation sites is 1. The van der Waals surface area contributed by atoms with Crippen LogP contribution in [-0.2, 0) is 7.05 Å². The molecule has 3 rings (SSSR count). The molecule has 0 atom stereocenters. The average Bonchev–Trinajstić information content (AvgIpc) is 2.67. The van der Waals surface area contributed by atoms with Crippen LogP contribution in [0.4, 0.5) is 0 Å². The molecule has 0 bridgehead atoms. The second-order valence-corrected chi connectivity index (χ2v) is 4.34. The lowest BCUT2D eigenvalue weighted by Gasteiger charge is -2.05. The Labute approximate surface area is 110 Å². The van der Waals surface area contributed by atoms with Crippen LogP contribution >= 0.6 is 11.6 Å². The van der Waals surface area contributed by atoms with Crippen molar-refractivity contribution >= 4 is 22.6 Å². The minimum absolute atomic E-state index is 0.474. The van der Waals surface area contributed by atoms with Crippen molar-refractivity contribution < 1.29 is 4.74 Å². The Morgan fingerprint density at radius 1 is 1.06 bits per heavy atom. The van der Waals surface area contributed by atoms with Crippen LogP contribution in [-0.4, -0.2) is 9.55 Å². The molecule has 0 fully saturated rings. The van der Waals surface area contributed by atoms with E-state index in [1.54, 1.807) is 0 Å². The summed E-state index contributed by atoms with van der Waals surface area (Å²) in [5, 5.41) is 0.474. The molecule has 3 nitrogen and oxygen atoms in total. The lowest BCUT2D eigenvalue weighted by atomic mass is 10.3. The number of fused-ring (bicyclic) bond motifs is 1. The number of halogens is 1. The fraction of sp³-hybridized carbons (Fsp3) is 0.0714. The van der Waals surface area contributed by atoms with E-state index < -0.39 is 0 Å². The van der Waals surface area contributed by atoms with Crippen molar-refractivity contribution in [1.82, 2.24) is 9.55 Å². The molecular formula is C14H11ClN2O. The molecule has 4 heteroatoms. The van der Waals surface area contributed by atoms with E-state index in [2.05, 4.69) is 4.98 Å². The normalized spacial score (nSPS) is 10.8. The maximum Gasteiger partial charge on any atom is 0.203 e. The number of nitrogens with zero attached hydrogens (tertiary/aromatic N) is 2. The first-order valence-corrected chi connectivity index (χ1v) is 5.97. The first kappa shape index (κ1) is 11.1. The molecule has 0 aliphatic carbocycles. The average molecular weight is 259 g/mol. The summed E-state index contributed by atoms with van der Waals surface area (Å²) >= 11 is 5.98. The van der Waals surface area contributed by atoms with Crippen molar-refractivity contribution in [2.45, 2.75) is 0 Å². The molecule has 90 valence electrons. The predicted octanol–water partition coefficient (Wildman–Crippen LogP) is 4.02. The van der Waals surface area contributed by atoms with E-state index in [4.69, 9.17) is 16.3 Å². The Kier molecular flexibility index (Phi) is 2.68. The number of hydrogen-bond acceptors (Lipinski definition) is 2. The number of aromatic nitrogens is 2. The topological polar surface area (TPSA) is 27.1 Å². The molecule has 18 heavy (non-hydrogen) atoms. The Hall–Kier alpha value is -2.00. The maximum absolute atomic E-state index is 5.98. The molecule has 0 saturated heterocycles. The summed E-state index contributed by atoms with van der Waals surface area (Å²) < 4.78 is 7.59. The van der Waals surface area contributed by atoms with Crippen molar-refractivity contribution in [3.8, 4) is 11.5 Å². The summed E-state index contributed by atoms with van der Waals surface area (Å²) in [5.74, 6) is 1.58. The van der Waals surface area contributed by atoms with Crippen LogP contribution in [0.5, 0.6) is 11.5 Å². The number of imidazole rings is 1. The zero-order valence-corrected chi connectivity index (χ0v) is 10.6. The second kappa shape index (κ2) is 4.35. The number of hydrogen-bond donors (Lipinski definition) is 0. The number of ether oxygens (including phenoxy) is 1. The molecule has 1 heterocycles. The second-order valence-electron chi connectivity index (χ2n) is 4.01. The SMILES string of the molecule is Cn1c(Cl)nc2ccc(Oc3ccccc3)cc21. The molecule has 2 aromatic carbocycles. The van der Waals surface area contributed by atoms with Gasteiger partial charge in [-0.25, -0.2) is 4.98 Å². The quantitative estimate of drug-likeness (QED) is 0.694. The van der Waals surface area contributed by atoms with E-state index >= 15 is 0 Å². The summed E-state index contributed by atoms with van der Waals surface area (Å²) in [4.78, 5) is 4.23. The zero-order chi connectivity index (χ0) is 12.5. The van der Waals surface area contributed by atoms with Crippen LogP contribution in [0.25, 0.3) is 11.0 Å². The third-order valence-electron chi connectivity index (χ3n) is 2.78. The number of benzene rings is 2. The Morgan fingerprint density at radius 3 is 2.61 bits per heavy atom. The molecule has 0 amide bonds. The molecule has 0 saturated carbocycles. The van der Waals surface area contributed by atoms with Gasteiger partial charge >= 0.3 is 0 Å². The van der Waals surface area contributed by atoms with Gasteiger partial charge in [0.2, 0.25) is 5.28 Å². The summed E-state index contributed by atoms with van der Waals surface area (Å²) in [6.07, 6.45) is 0. The van der Waals surface area contributed by atoms with Gasteiger partial charge in [-0.05, 0) is 35.9 Å². The number of rotatable bonds is 2. The molecule has 0 radical (unpaired) electrons. The Bertz CT molecular complexity index is 692. The van der Waals surface area contributed by atoms with Gasteiger partial charge in [0, 0.05) is 13.1 Å². The fourth-order valence-corrected chi connectivity index (χ4v) is 2.01.